The predicted octanol–water partition coefficient (Wildman–Crippen LogP) is 3.46. The first-order valence-corrected chi connectivity index (χ1v) is 7.04. The second-order valence-corrected chi connectivity index (χ2v) is 4.99. The summed E-state index contributed by atoms with van der Waals surface area (Å²) in [6.45, 7) is 1.80. The molecule has 0 fully saturated rings. The number of hydrogen-bond acceptors (Lipinski definition) is 4. The molecule has 0 unspecified atom stereocenters. The van der Waals surface area contributed by atoms with Gasteiger partial charge in [0.25, 0.3) is 5.91 Å². The van der Waals surface area contributed by atoms with Crippen LogP contribution < -0.4 is 5.01 Å². The Kier molecular flexibility index (Phi) is 3.95. The topological polar surface area (TPSA) is 62.1 Å². The van der Waals surface area contributed by atoms with Gasteiger partial charge in [0.15, 0.2) is 0 Å². The maximum Gasteiger partial charge on any atom is 0.280 e. The Hall–Kier alpha value is -3.30. The molecule has 5 heteroatoms. The summed E-state index contributed by atoms with van der Waals surface area (Å²) >= 11 is 0. The summed E-state index contributed by atoms with van der Waals surface area (Å²) in [5.41, 5.74) is 3.27. The number of anilines is 1. The number of hydrazone groups is 1. The van der Waals surface area contributed by atoms with E-state index in [0.717, 1.165) is 5.56 Å². The van der Waals surface area contributed by atoms with Crippen LogP contribution in [0.3, 0.4) is 0 Å². The van der Waals surface area contributed by atoms with Gasteiger partial charge in [-0.1, -0.05) is 30.3 Å². The summed E-state index contributed by atoms with van der Waals surface area (Å²) in [7, 11) is 0. The summed E-state index contributed by atoms with van der Waals surface area (Å²) in [5.74, 6) is -0.182. The molecule has 0 radical (unpaired) electrons. The SMILES string of the molecule is CC1=NN(c2ccc(N=C=O)cc2)C(=O)/C1=C\c1ccccc1. The number of rotatable bonds is 3. The Morgan fingerprint density at radius 3 is 2.43 bits per heavy atom. The second-order valence-electron chi connectivity index (χ2n) is 4.99. The van der Waals surface area contributed by atoms with E-state index in [1.165, 1.54) is 11.1 Å². The van der Waals surface area contributed by atoms with Crippen LogP contribution in [0, 0.1) is 0 Å². The van der Waals surface area contributed by atoms with Gasteiger partial charge in [0.2, 0.25) is 6.08 Å². The van der Waals surface area contributed by atoms with Gasteiger partial charge in [0, 0.05) is 0 Å². The predicted molar refractivity (Wildman–Crippen MR) is 89.2 cm³/mol. The second kappa shape index (κ2) is 6.22. The van der Waals surface area contributed by atoms with E-state index in [1.807, 2.05) is 36.4 Å². The third kappa shape index (κ3) is 3.00. The van der Waals surface area contributed by atoms with Crippen molar-refractivity contribution in [1.82, 2.24) is 0 Å². The number of carbonyl (C=O) groups is 1. The molecule has 5 nitrogen and oxygen atoms in total. The van der Waals surface area contributed by atoms with Crippen molar-refractivity contribution in [3.63, 3.8) is 0 Å². The van der Waals surface area contributed by atoms with E-state index in [-0.39, 0.29) is 5.91 Å². The Labute approximate surface area is 133 Å². The highest BCUT2D eigenvalue weighted by molar-refractivity contribution is 6.32. The van der Waals surface area contributed by atoms with Crippen LogP contribution in [-0.4, -0.2) is 17.7 Å². The van der Waals surface area contributed by atoms with Gasteiger partial charge in [-0.15, -0.1) is 0 Å². The molecule has 2 aromatic carbocycles. The van der Waals surface area contributed by atoms with Crippen LogP contribution >= 0.6 is 0 Å². The number of hydrogen-bond donors (Lipinski definition) is 0. The zero-order valence-electron chi connectivity index (χ0n) is 12.4. The van der Waals surface area contributed by atoms with Crippen LogP contribution in [0.15, 0.2) is 70.3 Å². The van der Waals surface area contributed by atoms with Crippen LogP contribution in [0.25, 0.3) is 6.08 Å². The van der Waals surface area contributed by atoms with Gasteiger partial charge in [-0.05, 0) is 42.8 Å². The summed E-state index contributed by atoms with van der Waals surface area (Å²) in [4.78, 5) is 26.4. The molecule has 1 amide bonds. The third-order valence-corrected chi connectivity index (χ3v) is 3.44. The Morgan fingerprint density at radius 2 is 1.78 bits per heavy atom. The Morgan fingerprint density at radius 1 is 1.09 bits per heavy atom. The van der Waals surface area contributed by atoms with Crippen LogP contribution in [0.2, 0.25) is 0 Å². The minimum absolute atomic E-state index is 0.182. The largest absolute Gasteiger partial charge is 0.280 e. The molecule has 0 saturated heterocycles. The average Bonchev–Trinajstić information content (AvgIpc) is 2.85. The molecule has 3 rings (SSSR count). The molecule has 0 bridgehead atoms. The molecule has 2 aromatic rings. The summed E-state index contributed by atoms with van der Waals surface area (Å²) < 4.78 is 0. The van der Waals surface area contributed by atoms with E-state index >= 15 is 0 Å². The molecule has 1 aliphatic heterocycles. The molecule has 0 aromatic heterocycles. The van der Waals surface area contributed by atoms with Crippen LogP contribution in [0.5, 0.6) is 0 Å². The average molecular weight is 303 g/mol. The van der Waals surface area contributed by atoms with E-state index in [4.69, 9.17) is 0 Å². The van der Waals surface area contributed by atoms with Crippen molar-refractivity contribution in [2.24, 2.45) is 10.1 Å². The number of amides is 1. The fourth-order valence-corrected chi connectivity index (χ4v) is 2.30. The lowest BCUT2D eigenvalue weighted by Gasteiger charge is -2.11. The first-order chi connectivity index (χ1) is 11.2. The molecule has 1 aliphatic rings. The minimum Gasteiger partial charge on any atom is -0.267 e. The van der Waals surface area contributed by atoms with Gasteiger partial charge in [-0.2, -0.15) is 15.1 Å². The quantitative estimate of drug-likeness (QED) is 0.495. The molecular weight excluding hydrogens is 290 g/mol. The van der Waals surface area contributed by atoms with Gasteiger partial charge in [0.05, 0.1) is 22.7 Å². The molecule has 0 N–H and O–H groups in total. The zero-order chi connectivity index (χ0) is 16.2. The lowest BCUT2D eigenvalue weighted by atomic mass is 10.1. The molecule has 0 aliphatic carbocycles. The highest BCUT2D eigenvalue weighted by Gasteiger charge is 2.28. The zero-order valence-corrected chi connectivity index (χ0v) is 12.4. The Balaban J connectivity index is 1.90. The molecule has 112 valence electrons. The lowest BCUT2D eigenvalue weighted by Crippen LogP contribution is -2.21. The summed E-state index contributed by atoms with van der Waals surface area (Å²) in [6.07, 6.45) is 3.31. The van der Waals surface area contributed by atoms with Crippen molar-refractivity contribution >= 4 is 35.1 Å². The molecular formula is C18H13N3O2. The van der Waals surface area contributed by atoms with Crippen LogP contribution in [-0.2, 0) is 9.59 Å². The van der Waals surface area contributed by atoms with Crippen molar-refractivity contribution in [3.8, 4) is 0 Å². The van der Waals surface area contributed by atoms with Gasteiger partial charge in [-0.25, -0.2) is 4.79 Å². The van der Waals surface area contributed by atoms with Gasteiger partial charge < -0.3 is 0 Å². The molecule has 0 atom stereocenters. The molecule has 1 heterocycles. The van der Waals surface area contributed by atoms with E-state index in [0.29, 0.717) is 22.7 Å². The summed E-state index contributed by atoms with van der Waals surface area (Å²) in [6, 6.07) is 16.3. The fraction of sp³-hybridized carbons (Fsp3) is 0.0556. The van der Waals surface area contributed by atoms with Crippen LogP contribution in [0.1, 0.15) is 12.5 Å². The molecule has 0 spiro atoms. The fourth-order valence-electron chi connectivity index (χ4n) is 2.30. The highest BCUT2D eigenvalue weighted by Crippen LogP contribution is 2.26. The number of benzene rings is 2. The Bertz CT molecular complexity index is 846. The normalized spacial score (nSPS) is 15.5. The van der Waals surface area contributed by atoms with Crippen LogP contribution in [0.4, 0.5) is 11.4 Å². The van der Waals surface area contributed by atoms with Gasteiger partial charge >= 0.3 is 0 Å². The maximum absolute atomic E-state index is 12.6. The highest BCUT2D eigenvalue weighted by atomic mass is 16.2. The monoisotopic (exact) mass is 303 g/mol. The van der Waals surface area contributed by atoms with Gasteiger partial charge in [0.1, 0.15) is 0 Å². The first-order valence-electron chi connectivity index (χ1n) is 7.04. The lowest BCUT2D eigenvalue weighted by molar-refractivity contribution is -0.114. The first kappa shape index (κ1) is 14.6. The number of aliphatic imine (C=N–C) groups is 1. The van der Waals surface area contributed by atoms with E-state index in [9.17, 15) is 9.59 Å². The molecule has 0 saturated carbocycles. The van der Waals surface area contributed by atoms with E-state index in [1.54, 1.807) is 31.2 Å². The number of carbonyl (C=O) groups excluding carboxylic acids is 2. The maximum atomic E-state index is 12.6. The van der Waals surface area contributed by atoms with Crippen molar-refractivity contribution in [2.45, 2.75) is 6.92 Å². The standard InChI is InChI=1S/C18H13N3O2/c1-13-17(11-14-5-3-2-4-6-14)18(23)21(20-13)16-9-7-15(8-10-16)19-12-22/h2-11H,1H3/b17-11-. The smallest absolute Gasteiger partial charge is 0.267 e. The van der Waals surface area contributed by atoms with Crippen molar-refractivity contribution in [2.75, 3.05) is 5.01 Å². The van der Waals surface area contributed by atoms with Gasteiger partial charge in [-0.3, -0.25) is 4.79 Å². The minimum atomic E-state index is -0.182. The number of isocyanates is 1. The van der Waals surface area contributed by atoms with E-state index in [2.05, 4.69) is 10.1 Å². The third-order valence-electron chi connectivity index (χ3n) is 3.44. The van der Waals surface area contributed by atoms with Crippen molar-refractivity contribution in [1.29, 1.82) is 0 Å². The number of nitrogens with zero attached hydrogens (tertiary/aromatic N) is 3. The van der Waals surface area contributed by atoms with Crippen molar-refractivity contribution in [3.05, 3.63) is 65.7 Å². The van der Waals surface area contributed by atoms with E-state index < -0.39 is 0 Å². The van der Waals surface area contributed by atoms with Crippen molar-refractivity contribution < 1.29 is 9.59 Å². The molecule has 23 heavy (non-hydrogen) atoms. The summed E-state index contributed by atoms with van der Waals surface area (Å²) in [5, 5.41) is 5.66.